The highest BCUT2D eigenvalue weighted by Gasteiger charge is 2.06. The minimum absolute atomic E-state index is 0.529. The van der Waals surface area contributed by atoms with Crippen LogP contribution in [-0.4, -0.2) is 17.2 Å². The second-order valence-electron chi connectivity index (χ2n) is 2.29. The van der Waals surface area contributed by atoms with Crippen LogP contribution in [0.4, 0.5) is 0 Å². The normalized spacial score (nSPS) is 12.6. The summed E-state index contributed by atoms with van der Waals surface area (Å²) in [5, 5.41) is 9.22. The molecule has 11 heavy (non-hydrogen) atoms. The lowest BCUT2D eigenvalue weighted by Crippen LogP contribution is -1.96. The molecular weight excluding hydrogens is 142 g/mol. The molecule has 1 unspecified atom stereocenters. The van der Waals surface area contributed by atoms with E-state index in [1.54, 1.807) is 32.5 Å². The van der Waals surface area contributed by atoms with Crippen LogP contribution in [0.3, 0.4) is 0 Å². The van der Waals surface area contributed by atoms with Crippen molar-refractivity contribution in [3.63, 3.8) is 0 Å². The van der Waals surface area contributed by atoms with Crippen LogP contribution in [0.5, 0.6) is 5.75 Å². The lowest BCUT2D eigenvalue weighted by molar-refractivity contribution is 0.194. The molecule has 60 valence electrons. The molecule has 1 heterocycles. The first kappa shape index (κ1) is 8.01. The van der Waals surface area contributed by atoms with Gasteiger partial charge in [-0.25, -0.2) is 0 Å². The summed E-state index contributed by atoms with van der Waals surface area (Å²) in [5.74, 6) is 0.676. The fraction of sp³-hybridized carbons (Fsp3) is 0.375. The molecule has 1 aromatic heterocycles. The van der Waals surface area contributed by atoms with Gasteiger partial charge in [0.1, 0.15) is 5.75 Å². The van der Waals surface area contributed by atoms with Gasteiger partial charge in [-0.15, -0.1) is 0 Å². The number of hydrogen-bond donors (Lipinski definition) is 1. The van der Waals surface area contributed by atoms with Gasteiger partial charge in [-0.05, 0) is 13.0 Å². The second kappa shape index (κ2) is 3.34. The summed E-state index contributed by atoms with van der Waals surface area (Å²) in [5.41, 5.74) is 0.718. The smallest absolute Gasteiger partial charge is 0.127 e. The summed E-state index contributed by atoms with van der Waals surface area (Å²) < 4.78 is 5.01. The largest absolute Gasteiger partial charge is 0.496 e. The SMILES string of the molecule is COc1ccncc1C(C)O. The van der Waals surface area contributed by atoms with E-state index in [1.165, 1.54) is 0 Å². The van der Waals surface area contributed by atoms with Crippen LogP contribution in [0.1, 0.15) is 18.6 Å². The third-order valence-electron chi connectivity index (χ3n) is 1.48. The van der Waals surface area contributed by atoms with Crippen molar-refractivity contribution in [2.45, 2.75) is 13.0 Å². The van der Waals surface area contributed by atoms with Gasteiger partial charge in [0.15, 0.2) is 0 Å². The third kappa shape index (κ3) is 1.68. The first-order valence-corrected chi connectivity index (χ1v) is 3.41. The number of ether oxygens (including phenoxy) is 1. The van der Waals surface area contributed by atoms with Gasteiger partial charge in [-0.2, -0.15) is 0 Å². The molecule has 1 atom stereocenters. The molecule has 1 N–H and O–H groups in total. The van der Waals surface area contributed by atoms with Crippen LogP contribution in [-0.2, 0) is 0 Å². The molecule has 0 aliphatic carbocycles. The number of hydrogen-bond acceptors (Lipinski definition) is 3. The van der Waals surface area contributed by atoms with Crippen LogP contribution < -0.4 is 4.74 Å². The van der Waals surface area contributed by atoms with Crippen LogP contribution in [0.15, 0.2) is 18.5 Å². The highest BCUT2D eigenvalue weighted by Crippen LogP contribution is 2.22. The molecule has 0 fully saturated rings. The fourth-order valence-electron chi connectivity index (χ4n) is 0.894. The van der Waals surface area contributed by atoms with E-state index in [2.05, 4.69) is 4.98 Å². The highest BCUT2D eigenvalue weighted by atomic mass is 16.5. The van der Waals surface area contributed by atoms with E-state index >= 15 is 0 Å². The molecule has 0 saturated heterocycles. The van der Waals surface area contributed by atoms with E-state index in [-0.39, 0.29) is 0 Å². The monoisotopic (exact) mass is 153 g/mol. The van der Waals surface area contributed by atoms with Crippen molar-refractivity contribution in [3.8, 4) is 5.75 Å². The Morgan fingerprint density at radius 2 is 2.36 bits per heavy atom. The fourth-order valence-corrected chi connectivity index (χ4v) is 0.894. The average Bonchev–Trinajstić information content (AvgIpc) is 2.04. The summed E-state index contributed by atoms with van der Waals surface area (Å²) in [4.78, 5) is 3.87. The average molecular weight is 153 g/mol. The van der Waals surface area contributed by atoms with Gasteiger partial charge in [-0.3, -0.25) is 4.98 Å². The first-order valence-electron chi connectivity index (χ1n) is 3.41. The predicted molar refractivity (Wildman–Crippen MR) is 41.4 cm³/mol. The molecule has 3 nitrogen and oxygen atoms in total. The zero-order valence-corrected chi connectivity index (χ0v) is 6.61. The van der Waals surface area contributed by atoms with Gasteiger partial charge < -0.3 is 9.84 Å². The zero-order valence-electron chi connectivity index (χ0n) is 6.61. The Morgan fingerprint density at radius 3 is 2.82 bits per heavy atom. The maximum atomic E-state index is 9.22. The van der Waals surface area contributed by atoms with E-state index in [4.69, 9.17) is 4.74 Å². The van der Waals surface area contributed by atoms with Crippen molar-refractivity contribution in [2.75, 3.05) is 7.11 Å². The van der Waals surface area contributed by atoms with Gasteiger partial charge in [0.2, 0.25) is 0 Å². The lowest BCUT2D eigenvalue weighted by Gasteiger charge is -2.08. The molecule has 0 spiro atoms. The van der Waals surface area contributed by atoms with Gasteiger partial charge in [0.25, 0.3) is 0 Å². The summed E-state index contributed by atoms with van der Waals surface area (Å²) in [7, 11) is 1.57. The maximum Gasteiger partial charge on any atom is 0.127 e. The standard InChI is InChI=1S/C8H11NO2/c1-6(10)7-5-9-4-3-8(7)11-2/h3-6,10H,1-2H3. The van der Waals surface area contributed by atoms with E-state index in [0.29, 0.717) is 5.75 Å². The van der Waals surface area contributed by atoms with Gasteiger partial charge >= 0.3 is 0 Å². The van der Waals surface area contributed by atoms with E-state index in [9.17, 15) is 5.11 Å². The number of aromatic nitrogens is 1. The van der Waals surface area contributed by atoms with Crippen LogP contribution in [0.25, 0.3) is 0 Å². The van der Waals surface area contributed by atoms with Crippen molar-refractivity contribution in [2.24, 2.45) is 0 Å². The molecule has 0 bridgehead atoms. The Hall–Kier alpha value is -1.09. The topological polar surface area (TPSA) is 42.4 Å². The predicted octanol–water partition coefficient (Wildman–Crippen LogP) is 1.14. The zero-order chi connectivity index (χ0) is 8.27. The van der Waals surface area contributed by atoms with Crippen molar-refractivity contribution in [3.05, 3.63) is 24.0 Å². The van der Waals surface area contributed by atoms with Crippen LogP contribution in [0, 0.1) is 0 Å². The van der Waals surface area contributed by atoms with E-state index < -0.39 is 6.10 Å². The van der Waals surface area contributed by atoms with Crippen molar-refractivity contribution in [1.29, 1.82) is 0 Å². The number of rotatable bonds is 2. The Kier molecular flexibility index (Phi) is 2.44. The third-order valence-corrected chi connectivity index (χ3v) is 1.48. The van der Waals surface area contributed by atoms with Gasteiger partial charge in [-0.1, -0.05) is 0 Å². The number of pyridine rings is 1. The summed E-state index contributed by atoms with van der Waals surface area (Å²) in [6, 6.07) is 1.72. The molecule has 0 aliphatic heterocycles. The molecular formula is C8H11NO2. The van der Waals surface area contributed by atoms with Crippen molar-refractivity contribution in [1.82, 2.24) is 4.98 Å². The lowest BCUT2D eigenvalue weighted by atomic mass is 10.2. The Bertz CT molecular complexity index is 235. The molecule has 0 aromatic carbocycles. The summed E-state index contributed by atoms with van der Waals surface area (Å²) in [6.07, 6.45) is 2.70. The Balaban J connectivity index is 3.02. The molecule has 0 saturated carbocycles. The number of aliphatic hydroxyl groups excluding tert-OH is 1. The molecule has 0 aliphatic rings. The Labute approximate surface area is 65.7 Å². The molecule has 1 aromatic rings. The summed E-state index contributed by atoms with van der Waals surface area (Å²) in [6.45, 7) is 1.68. The highest BCUT2D eigenvalue weighted by molar-refractivity contribution is 5.31. The van der Waals surface area contributed by atoms with E-state index in [0.717, 1.165) is 5.56 Å². The second-order valence-corrected chi connectivity index (χ2v) is 2.29. The molecule has 1 rings (SSSR count). The van der Waals surface area contributed by atoms with Gasteiger partial charge in [0.05, 0.1) is 13.2 Å². The van der Waals surface area contributed by atoms with Gasteiger partial charge in [0, 0.05) is 18.0 Å². The minimum Gasteiger partial charge on any atom is -0.496 e. The number of aliphatic hydroxyl groups is 1. The minimum atomic E-state index is -0.529. The number of methoxy groups -OCH3 is 1. The first-order chi connectivity index (χ1) is 5.25. The number of nitrogens with zero attached hydrogens (tertiary/aromatic N) is 1. The van der Waals surface area contributed by atoms with E-state index in [1.807, 2.05) is 0 Å². The van der Waals surface area contributed by atoms with Crippen molar-refractivity contribution < 1.29 is 9.84 Å². The van der Waals surface area contributed by atoms with Crippen molar-refractivity contribution >= 4 is 0 Å². The summed E-state index contributed by atoms with van der Waals surface area (Å²) >= 11 is 0. The maximum absolute atomic E-state index is 9.22. The molecule has 0 amide bonds. The molecule has 3 heteroatoms. The quantitative estimate of drug-likeness (QED) is 0.692. The van der Waals surface area contributed by atoms with Crippen LogP contribution in [0.2, 0.25) is 0 Å². The molecule has 0 radical (unpaired) electrons. The Morgan fingerprint density at radius 1 is 1.64 bits per heavy atom. The van der Waals surface area contributed by atoms with Crippen LogP contribution >= 0.6 is 0 Å².